The number of allylic oxidation sites excluding steroid dienone is 1. The van der Waals surface area contributed by atoms with Gasteiger partial charge in [0.1, 0.15) is 5.82 Å². The smallest absolute Gasteiger partial charge is 0.223 e. The standard InChI is InChI=1S/C20H22FN3O2/c1-14(2)10-18(25)15-12-22-19(23-13-15)24-20(6-8-26-9-7-20)16-4-3-5-17(21)11-16/h3-5,11-13H,1,6-10H2,2H3,(H,22,23,24). The maximum absolute atomic E-state index is 13.7. The van der Waals surface area contributed by atoms with Crippen LogP contribution in [-0.2, 0) is 10.3 Å². The van der Waals surface area contributed by atoms with Gasteiger partial charge in [-0.25, -0.2) is 14.4 Å². The van der Waals surface area contributed by atoms with Gasteiger partial charge in [0, 0.05) is 32.0 Å². The molecule has 1 aromatic heterocycles. The maximum atomic E-state index is 13.7. The summed E-state index contributed by atoms with van der Waals surface area (Å²) in [6.07, 6.45) is 4.66. The molecule has 1 fully saturated rings. The van der Waals surface area contributed by atoms with Gasteiger partial charge in [-0.05, 0) is 37.5 Å². The van der Waals surface area contributed by atoms with Crippen molar-refractivity contribution in [1.82, 2.24) is 9.97 Å². The van der Waals surface area contributed by atoms with Crippen molar-refractivity contribution < 1.29 is 13.9 Å². The fraction of sp³-hybridized carbons (Fsp3) is 0.350. The van der Waals surface area contributed by atoms with Crippen molar-refractivity contribution in [2.24, 2.45) is 0 Å². The highest BCUT2D eigenvalue weighted by Crippen LogP contribution is 2.35. The van der Waals surface area contributed by atoms with Gasteiger partial charge in [0.2, 0.25) is 5.95 Å². The molecule has 2 aromatic rings. The van der Waals surface area contributed by atoms with E-state index in [1.54, 1.807) is 6.07 Å². The van der Waals surface area contributed by atoms with Crippen molar-refractivity contribution >= 4 is 11.7 Å². The van der Waals surface area contributed by atoms with Gasteiger partial charge in [-0.3, -0.25) is 4.79 Å². The molecule has 6 heteroatoms. The highest BCUT2D eigenvalue weighted by atomic mass is 19.1. The van der Waals surface area contributed by atoms with E-state index in [9.17, 15) is 9.18 Å². The quantitative estimate of drug-likeness (QED) is 0.629. The van der Waals surface area contributed by atoms with Crippen LogP contribution in [0.3, 0.4) is 0 Å². The maximum Gasteiger partial charge on any atom is 0.223 e. The van der Waals surface area contributed by atoms with Crippen molar-refractivity contribution in [2.45, 2.75) is 31.7 Å². The van der Waals surface area contributed by atoms with Gasteiger partial charge in [0.25, 0.3) is 0 Å². The molecule has 136 valence electrons. The molecule has 0 spiro atoms. The van der Waals surface area contributed by atoms with Crippen LogP contribution in [0.5, 0.6) is 0 Å². The lowest BCUT2D eigenvalue weighted by Gasteiger charge is -2.38. The van der Waals surface area contributed by atoms with E-state index in [0.29, 0.717) is 37.6 Å². The molecule has 1 aliphatic heterocycles. The minimum atomic E-state index is -0.496. The summed E-state index contributed by atoms with van der Waals surface area (Å²) in [6.45, 7) is 6.69. The molecule has 0 atom stereocenters. The second kappa shape index (κ2) is 7.74. The topological polar surface area (TPSA) is 64.1 Å². The summed E-state index contributed by atoms with van der Waals surface area (Å²) in [5.74, 6) is 0.0646. The number of halogens is 1. The van der Waals surface area contributed by atoms with E-state index < -0.39 is 5.54 Å². The number of nitrogens with one attached hydrogen (secondary N) is 1. The predicted octanol–water partition coefficient (Wildman–Crippen LogP) is 3.88. The number of hydrogen-bond acceptors (Lipinski definition) is 5. The number of hydrogen-bond donors (Lipinski definition) is 1. The van der Waals surface area contributed by atoms with Gasteiger partial charge < -0.3 is 10.1 Å². The summed E-state index contributed by atoms with van der Waals surface area (Å²) in [7, 11) is 0. The van der Waals surface area contributed by atoms with Crippen molar-refractivity contribution in [3.05, 3.63) is 65.8 Å². The number of aromatic nitrogens is 2. The second-order valence-corrected chi connectivity index (χ2v) is 6.68. The third-order valence-electron chi connectivity index (χ3n) is 4.51. The van der Waals surface area contributed by atoms with E-state index in [1.165, 1.54) is 24.5 Å². The van der Waals surface area contributed by atoms with E-state index in [-0.39, 0.29) is 18.0 Å². The number of benzene rings is 1. The zero-order valence-corrected chi connectivity index (χ0v) is 14.8. The van der Waals surface area contributed by atoms with Crippen LogP contribution in [0.2, 0.25) is 0 Å². The van der Waals surface area contributed by atoms with Gasteiger partial charge in [0.05, 0.1) is 11.1 Å². The van der Waals surface area contributed by atoms with E-state index >= 15 is 0 Å². The minimum Gasteiger partial charge on any atom is -0.381 e. The van der Waals surface area contributed by atoms with Crippen molar-refractivity contribution in [3.63, 3.8) is 0 Å². The molecular formula is C20H22FN3O2. The summed E-state index contributed by atoms with van der Waals surface area (Å²) in [6, 6.07) is 6.55. The number of anilines is 1. The highest BCUT2D eigenvalue weighted by Gasteiger charge is 2.35. The van der Waals surface area contributed by atoms with E-state index in [2.05, 4.69) is 21.9 Å². The third-order valence-corrected chi connectivity index (χ3v) is 4.51. The number of carbonyl (C=O) groups excluding carboxylic acids is 1. The summed E-state index contributed by atoms with van der Waals surface area (Å²) in [4.78, 5) is 20.6. The first-order valence-corrected chi connectivity index (χ1v) is 8.60. The Balaban J connectivity index is 1.83. The molecule has 1 aliphatic rings. The Hall–Kier alpha value is -2.60. The lowest BCUT2D eigenvalue weighted by Crippen LogP contribution is -2.41. The number of Topliss-reactive ketones (excluding diaryl/α,β-unsaturated/α-hetero) is 1. The normalized spacial score (nSPS) is 16.1. The van der Waals surface area contributed by atoms with Crippen LogP contribution < -0.4 is 5.32 Å². The highest BCUT2D eigenvalue weighted by molar-refractivity contribution is 5.96. The van der Waals surface area contributed by atoms with E-state index in [1.807, 2.05) is 13.0 Å². The minimum absolute atomic E-state index is 0.0602. The molecule has 0 amide bonds. The third kappa shape index (κ3) is 4.14. The first-order chi connectivity index (χ1) is 12.5. The zero-order valence-electron chi connectivity index (χ0n) is 14.8. The van der Waals surface area contributed by atoms with Crippen molar-refractivity contribution in [2.75, 3.05) is 18.5 Å². The SMILES string of the molecule is C=C(C)CC(=O)c1cnc(NC2(c3cccc(F)c3)CCOCC2)nc1. The molecule has 0 unspecified atom stereocenters. The Morgan fingerprint density at radius 3 is 2.62 bits per heavy atom. The monoisotopic (exact) mass is 355 g/mol. The Kier molecular flexibility index (Phi) is 5.42. The van der Waals surface area contributed by atoms with Crippen molar-refractivity contribution in [3.8, 4) is 0 Å². The Labute approximate surface area is 152 Å². The lowest BCUT2D eigenvalue weighted by molar-refractivity contribution is 0.0590. The van der Waals surface area contributed by atoms with Crippen LogP contribution in [0.25, 0.3) is 0 Å². The molecule has 1 saturated heterocycles. The first kappa shape index (κ1) is 18.2. The van der Waals surface area contributed by atoms with E-state index in [4.69, 9.17) is 4.74 Å². The molecule has 2 heterocycles. The molecule has 26 heavy (non-hydrogen) atoms. The van der Waals surface area contributed by atoms with Gasteiger partial charge in [0.15, 0.2) is 5.78 Å². The summed E-state index contributed by atoms with van der Waals surface area (Å²) in [5.41, 5.74) is 1.59. The molecule has 0 radical (unpaired) electrons. The Morgan fingerprint density at radius 2 is 2.00 bits per heavy atom. The van der Waals surface area contributed by atoms with Gasteiger partial charge in [-0.1, -0.05) is 24.3 Å². The number of carbonyl (C=O) groups is 1. The number of nitrogens with zero attached hydrogens (tertiary/aromatic N) is 2. The molecule has 1 aromatic carbocycles. The average Bonchev–Trinajstić information content (AvgIpc) is 2.62. The fourth-order valence-electron chi connectivity index (χ4n) is 3.12. The molecule has 3 rings (SSSR count). The molecule has 0 saturated carbocycles. The van der Waals surface area contributed by atoms with Crippen molar-refractivity contribution in [1.29, 1.82) is 0 Å². The fourth-order valence-corrected chi connectivity index (χ4v) is 3.12. The average molecular weight is 355 g/mol. The zero-order chi connectivity index (χ0) is 18.6. The molecule has 0 aliphatic carbocycles. The summed E-state index contributed by atoms with van der Waals surface area (Å²) < 4.78 is 19.2. The molecule has 1 N–H and O–H groups in total. The van der Waals surface area contributed by atoms with Crippen LogP contribution in [0.4, 0.5) is 10.3 Å². The van der Waals surface area contributed by atoms with Crippen LogP contribution >= 0.6 is 0 Å². The first-order valence-electron chi connectivity index (χ1n) is 8.60. The van der Waals surface area contributed by atoms with Crippen LogP contribution in [0, 0.1) is 5.82 Å². The Bertz CT molecular complexity index is 799. The van der Waals surface area contributed by atoms with Gasteiger partial charge in [-0.2, -0.15) is 0 Å². The number of ether oxygens (including phenoxy) is 1. The molecule has 0 bridgehead atoms. The molecular weight excluding hydrogens is 333 g/mol. The Morgan fingerprint density at radius 1 is 1.31 bits per heavy atom. The van der Waals surface area contributed by atoms with Crippen LogP contribution in [-0.4, -0.2) is 29.0 Å². The predicted molar refractivity (Wildman–Crippen MR) is 97.5 cm³/mol. The number of ketones is 1. The second-order valence-electron chi connectivity index (χ2n) is 6.68. The van der Waals surface area contributed by atoms with E-state index in [0.717, 1.165) is 11.1 Å². The van der Waals surface area contributed by atoms with Crippen LogP contribution in [0.15, 0.2) is 48.8 Å². The van der Waals surface area contributed by atoms with Crippen LogP contribution in [0.1, 0.15) is 42.1 Å². The summed E-state index contributed by atoms with van der Waals surface area (Å²) >= 11 is 0. The molecule has 5 nitrogen and oxygen atoms in total. The lowest BCUT2D eigenvalue weighted by atomic mass is 9.82. The number of rotatable bonds is 6. The van der Waals surface area contributed by atoms with Gasteiger partial charge in [-0.15, -0.1) is 0 Å². The largest absolute Gasteiger partial charge is 0.381 e. The van der Waals surface area contributed by atoms with Gasteiger partial charge >= 0.3 is 0 Å². The summed E-state index contributed by atoms with van der Waals surface area (Å²) in [5, 5.41) is 3.35.